The molecule has 4 amide bonds. The highest BCUT2D eigenvalue weighted by atomic mass is 16.6. The van der Waals surface area contributed by atoms with Gasteiger partial charge in [-0.25, -0.2) is 4.79 Å². The Morgan fingerprint density at radius 3 is 2.22 bits per heavy atom. The number of nitrogens with two attached hydrogens (primary N) is 1. The van der Waals surface area contributed by atoms with Gasteiger partial charge in [0.25, 0.3) is 0 Å². The van der Waals surface area contributed by atoms with Crippen LogP contribution in [0.1, 0.15) is 91.3 Å². The van der Waals surface area contributed by atoms with Gasteiger partial charge in [0, 0.05) is 12.1 Å². The third kappa shape index (κ3) is 9.87. The van der Waals surface area contributed by atoms with Crippen LogP contribution in [0.25, 0.3) is 0 Å². The molecule has 0 aliphatic carbocycles. The van der Waals surface area contributed by atoms with Gasteiger partial charge in [0.15, 0.2) is 0 Å². The van der Waals surface area contributed by atoms with E-state index >= 15 is 0 Å². The molecule has 0 radical (unpaired) electrons. The molecule has 4 N–H and O–H groups in total. The molecule has 9 heteroatoms. The lowest BCUT2D eigenvalue weighted by atomic mass is 9.97. The first kappa shape index (κ1) is 30.9. The average Bonchev–Trinajstić information content (AvgIpc) is 2.74. The topological polar surface area (TPSA) is 131 Å². The fourth-order valence-corrected chi connectivity index (χ4v) is 3.93. The molecule has 0 saturated carbocycles. The van der Waals surface area contributed by atoms with Crippen LogP contribution < -0.4 is 16.4 Å². The first-order valence-corrected chi connectivity index (χ1v) is 12.7. The number of carbonyl (C=O) groups excluding carboxylic acids is 4. The van der Waals surface area contributed by atoms with Gasteiger partial charge >= 0.3 is 6.09 Å². The molecule has 36 heavy (non-hydrogen) atoms. The number of primary amides is 1. The number of aryl methyl sites for hydroxylation is 1. The number of amides is 4. The number of hydrogen-bond donors (Lipinski definition) is 3. The highest BCUT2D eigenvalue weighted by Gasteiger charge is 2.39. The van der Waals surface area contributed by atoms with Gasteiger partial charge in [-0.1, -0.05) is 50.1 Å². The Labute approximate surface area is 215 Å². The van der Waals surface area contributed by atoms with Gasteiger partial charge in [0.05, 0.1) is 6.42 Å². The van der Waals surface area contributed by atoms with E-state index in [1.54, 1.807) is 26.8 Å². The number of ether oxygens (including phenoxy) is 1. The molecule has 0 aliphatic heterocycles. The van der Waals surface area contributed by atoms with Gasteiger partial charge in [-0.3, -0.25) is 14.4 Å². The summed E-state index contributed by atoms with van der Waals surface area (Å²) in [6.07, 6.45) is 0.944. The molecule has 1 rings (SSSR count). The van der Waals surface area contributed by atoms with Crippen molar-refractivity contribution in [2.75, 3.05) is 0 Å². The van der Waals surface area contributed by atoms with Crippen LogP contribution in [0.4, 0.5) is 4.79 Å². The van der Waals surface area contributed by atoms with Crippen molar-refractivity contribution in [1.29, 1.82) is 0 Å². The van der Waals surface area contributed by atoms with Gasteiger partial charge in [-0.15, -0.1) is 0 Å². The smallest absolute Gasteiger partial charge is 0.408 e. The minimum Gasteiger partial charge on any atom is -0.444 e. The summed E-state index contributed by atoms with van der Waals surface area (Å²) in [6, 6.07) is 4.67. The predicted molar refractivity (Wildman–Crippen MR) is 140 cm³/mol. The van der Waals surface area contributed by atoms with Crippen LogP contribution in [0, 0.1) is 6.92 Å². The molecule has 4 unspecified atom stereocenters. The fourth-order valence-electron chi connectivity index (χ4n) is 3.93. The molecule has 0 heterocycles. The first-order valence-electron chi connectivity index (χ1n) is 12.7. The van der Waals surface area contributed by atoms with E-state index in [4.69, 9.17) is 10.5 Å². The molecule has 4 atom stereocenters. The van der Waals surface area contributed by atoms with Gasteiger partial charge in [-0.05, 0) is 59.9 Å². The third-order valence-electron chi connectivity index (χ3n) is 5.71. The second-order valence-electron chi connectivity index (χ2n) is 10.4. The zero-order valence-electron chi connectivity index (χ0n) is 23.0. The van der Waals surface area contributed by atoms with E-state index in [1.165, 1.54) is 4.90 Å². The summed E-state index contributed by atoms with van der Waals surface area (Å²) in [5.74, 6) is -1.68. The summed E-state index contributed by atoms with van der Waals surface area (Å²) in [4.78, 5) is 53.4. The van der Waals surface area contributed by atoms with Crippen LogP contribution in [-0.4, -0.2) is 52.4 Å². The number of rotatable bonds is 12. The zero-order valence-corrected chi connectivity index (χ0v) is 23.0. The summed E-state index contributed by atoms with van der Waals surface area (Å²) >= 11 is 0. The van der Waals surface area contributed by atoms with Crippen molar-refractivity contribution in [3.8, 4) is 0 Å². The number of benzene rings is 1. The van der Waals surface area contributed by atoms with E-state index in [-0.39, 0.29) is 18.0 Å². The van der Waals surface area contributed by atoms with E-state index in [2.05, 4.69) is 10.6 Å². The van der Waals surface area contributed by atoms with Crippen molar-refractivity contribution in [2.24, 2.45) is 5.73 Å². The Morgan fingerprint density at radius 2 is 1.72 bits per heavy atom. The van der Waals surface area contributed by atoms with Crippen molar-refractivity contribution >= 4 is 23.8 Å². The lowest BCUT2D eigenvalue weighted by molar-refractivity contribution is -0.146. The minimum atomic E-state index is -1.29. The zero-order chi connectivity index (χ0) is 27.6. The Kier molecular flexibility index (Phi) is 11.9. The lowest BCUT2D eigenvalue weighted by Crippen LogP contribution is -2.56. The van der Waals surface area contributed by atoms with Crippen molar-refractivity contribution in [3.63, 3.8) is 0 Å². The summed E-state index contributed by atoms with van der Waals surface area (Å²) in [7, 11) is 0. The van der Waals surface area contributed by atoms with Crippen LogP contribution in [-0.2, 0) is 19.1 Å². The van der Waals surface area contributed by atoms with Gasteiger partial charge in [-0.2, -0.15) is 0 Å². The molecular formula is C27H44N4O5. The molecule has 0 aliphatic rings. The molecule has 202 valence electrons. The number of nitrogens with zero attached hydrogens (tertiary/aromatic N) is 1. The van der Waals surface area contributed by atoms with Crippen molar-refractivity contribution in [3.05, 3.63) is 35.4 Å². The summed E-state index contributed by atoms with van der Waals surface area (Å²) < 4.78 is 5.30. The van der Waals surface area contributed by atoms with Crippen LogP contribution >= 0.6 is 0 Å². The van der Waals surface area contributed by atoms with Crippen LogP contribution in [0.3, 0.4) is 0 Å². The number of alkyl carbamates (subject to hydrolysis) is 1. The van der Waals surface area contributed by atoms with Crippen LogP contribution in [0.5, 0.6) is 0 Å². The second-order valence-corrected chi connectivity index (χ2v) is 10.4. The summed E-state index contributed by atoms with van der Waals surface area (Å²) in [5.41, 5.74) is 6.20. The highest BCUT2D eigenvalue weighted by molar-refractivity contribution is 5.94. The molecule has 0 aromatic heterocycles. The van der Waals surface area contributed by atoms with E-state index in [0.29, 0.717) is 12.0 Å². The van der Waals surface area contributed by atoms with E-state index in [1.807, 2.05) is 52.8 Å². The van der Waals surface area contributed by atoms with Crippen LogP contribution in [0.15, 0.2) is 24.3 Å². The van der Waals surface area contributed by atoms with Crippen molar-refractivity contribution < 1.29 is 23.9 Å². The maximum Gasteiger partial charge on any atom is 0.408 e. The molecule has 9 nitrogen and oxygen atoms in total. The van der Waals surface area contributed by atoms with Gasteiger partial charge in [0.2, 0.25) is 17.7 Å². The molecule has 0 bridgehead atoms. The SMILES string of the molecule is CCCC(C)NC(=O)C(c1cccc(C)c1)N(C(=O)C(CC(N)=O)NC(=O)OC(C)(C)C)C(C)CC. The molecule has 1 aromatic carbocycles. The Morgan fingerprint density at radius 1 is 1.08 bits per heavy atom. The Hall–Kier alpha value is -3.10. The first-order chi connectivity index (χ1) is 16.7. The fraction of sp³-hybridized carbons (Fsp3) is 0.630. The highest BCUT2D eigenvalue weighted by Crippen LogP contribution is 2.27. The van der Waals surface area contributed by atoms with Crippen molar-refractivity contribution in [2.45, 2.75) is 111 Å². The van der Waals surface area contributed by atoms with E-state index in [9.17, 15) is 19.2 Å². The number of hydrogen-bond acceptors (Lipinski definition) is 5. The molecule has 0 saturated heterocycles. The largest absolute Gasteiger partial charge is 0.444 e. The van der Waals surface area contributed by atoms with E-state index in [0.717, 1.165) is 18.4 Å². The Balaban J connectivity index is 3.54. The van der Waals surface area contributed by atoms with Crippen LogP contribution in [0.2, 0.25) is 0 Å². The summed E-state index contributed by atoms with van der Waals surface area (Å²) in [6.45, 7) is 14.7. The Bertz CT molecular complexity index is 912. The average molecular weight is 505 g/mol. The van der Waals surface area contributed by atoms with Gasteiger partial charge in [0.1, 0.15) is 17.7 Å². The lowest BCUT2D eigenvalue weighted by Gasteiger charge is -2.38. The quantitative estimate of drug-likeness (QED) is 0.399. The molecule has 0 spiro atoms. The molecular weight excluding hydrogens is 460 g/mol. The standard InChI is InChI=1S/C27H44N4O5/c1-9-12-18(4)29-24(33)23(20-14-11-13-17(3)15-20)31(19(5)10-2)25(34)21(16-22(28)32)30-26(35)36-27(6,7)8/h11,13-15,18-19,21,23H,9-10,12,16H2,1-8H3,(H2,28,32)(H,29,33)(H,30,35). The number of carbonyl (C=O) groups is 4. The maximum absolute atomic E-state index is 14.0. The van der Waals surface area contributed by atoms with Crippen molar-refractivity contribution in [1.82, 2.24) is 15.5 Å². The minimum absolute atomic E-state index is 0.0926. The number of nitrogens with one attached hydrogen (secondary N) is 2. The normalized spacial score (nSPS) is 14.7. The molecule has 1 aromatic rings. The monoisotopic (exact) mass is 504 g/mol. The summed E-state index contributed by atoms with van der Waals surface area (Å²) in [5, 5.41) is 5.53. The maximum atomic E-state index is 14.0. The molecule has 0 fully saturated rings. The third-order valence-corrected chi connectivity index (χ3v) is 5.71. The van der Waals surface area contributed by atoms with Gasteiger partial charge < -0.3 is 26.0 Å². The second kappa shape index (κ2) is 13.8. The van der Waals surface area contributed by atoms with E-state index < -0.39 is 42.0 Å². The predicted octanol–water partition coefficient (Wildman–Crippen LogP) is 3.74.